The molecule has 10 heteroatoms. The Kier molecular flexibility index (Phi) is 8.52. The van der Waals surface area contributed by atoms with Gasteiger partial charge < -0.3 is 19.5 Å². The van der Waals surface area contributed by atoms with Crippen molar-refractivity contribution in [2.24, 2.45) is 0 Å². The zero-order chi connectivity index (χ0) is 22.1. The summed E-state index contributed by atoms with van der Waals surface area (Å²) in [6.07, 6.45) is 2.88. The van der Waals surface area contributed by atoms with Gasteiger partial charge in [-0.1, -0.05) is 11.6 Å². The number of halogens is 1. The summed E-state index contributed by atoms with van der Waals surface area (Å²) in [4.78, 5) is 12.1. The number of nitrogens with one attached hydrogen (secondary N) is 2. The van der Waals surface area contributed by atoms with Crippen LogP contribution < -0.4 is 24.2 Å². The van der Waals surface area contributed by atoms with Crippen LogP contribution in [0.15, 0.2) is 47.4 Å². The van der Waals surface area contributed by atoms with E-state index in [1.54, 1.807) is 30.3 Å². The molecule has 0 atom stereocenters. The Labute approximate surface area is 180 Å². The Morgan fingerprint density at radius 2 is 1.73 bits per heavy atom. The van der Waals surface area contributed by atoms with E-state index in [9.17, 15) is 13.2 Å². The highest BCUT2D eigenvalue weighted by molar-refractivity contribution is 7.89. The third-order valence-electron chi connectivity index (χ3n) is 3.97. The number of carbonyl (C=O) groups is 1. The summed E-state index contributed by atoms with van der Waals surface area (Å²) in [5.41, 5.74) is 0.646. The molecule has 2 rings (SSSR count). The average Bonchev–Trinajstić information content (AvgIpc) is 2.74. The minimum atomic E-state index is -3.67. The highest BCUT2D eigenvalue weighted by Crippen LogP contribution is 2.36. The normalized spacial score (nSPS) is 11.3. The van der Waals surface area contributed by atoms with Crippen LogP contribution in [0.1, 0.15) is 5.56 Å². The molecule has 1 amide bonds. The van der Waals surface area contributed by atoms with Crippen molar-refractivity contribution >= 4 is 33.6 Å². The molecule has 0 radical (unpaired) electrons. The first-order valence-corrected chi connectivity index (χ1v) is 10.7. The third-order valence-corrected chi connectivity index (χ3v) is 5.73. The molecule has 0 aliphatic rings. The van der Waals surface area contributed by atoms with Gasteiger partial charge in [-0.05, 0) is 48.0 Å². The highest BCUT2D eigenvalue weighted by atomic mass is 35.5. The number of amides is 1. The maximum atomic E-state index is 12.2. The molecule has 0 heterocycles. The van der Waals surface area contributed by atoms with Crippen molar-refractivity contribution in [1.29, 1.82) is 0 Å². The van der Waals surface area contributed by atoms with E-state index >= 15 is 0 Å². The summed E-state index contributed by atoms with van der Waals surface area (Å²) in [6, 6.07) is 9.31. The van der Waals surface area contributed by atoms with Crippen LogP contribution in [0.4, 0.5) is 0 Å². The van der Waals surface area contributed by atoms with Gasteiger partial charge in [0.15, 0.2) is 11.5 Å². The van der Waals surface area contributed by atoms with Crippen LogP contribution in [0.25, 0.3) is 6.08 Å². The largest absolute Gasteiger partial charge is 0.497 e. The van der Waals surface area contributed by atoms with Crippen LogP contribution in [-0.4, -0.2) is 48.7 Å². The van der Waals surface area contributed by atoms with Gasteiger partial charge in [0, 0.05) is 19.2 Å². The first-order chi connectivity index (χ1) is 14.3. The number of hydrogen-bond acceptors (Lipinski definition) is 6. The Bertz CT molecular complexity index is 1010. The second kappa shape index (κ2) is 10.9. The quantitative estimate of drug-likeness (QED) is 0.422. The monoisotopic (exact) mass is 454 g/mol. The molecule has 0 saturated carbocycles. The number of carbonyl (C=O) groups excluding carboxylic acids is 1. The summed E-state index contributed by atoms with van der Waals surface area (Å²) in [5.74, 6) is 1.02. The fourth-order valence-electron chi connectivity index (χ4n) is 2.47. The van der Waals surface area contributed by atoms with Gasteiger partial charge >= 0.3 is 0 Å². The van der Waals surface area contributed by atoms with Crippen LogP contribution >= 0.6 is 11.6 Å². The van der Waals surface area contributed by atoms with Gasteiger partial charge in [-0.25, -0.2) is 13.1 Å². The molecule has 162 valence electrons. The number of sulfonamides is 1. The maximum absolute atomic E-state index is 12.2. The molecule has 0 aliphatic heterocycles. The summed E-state index contributed by atoms with van der Waals surface area (Å²) in [5, 5.41) is 2.95. The summed E-state index contributed by atoms with van der Waals surface area (Å²) < 4.78 is 42.2. The first kappa shape index (κ1) is 23.5. The van der Waals surface area contributed by atoms with E-state index < -0.39 is 10.0 Å². The standard InChI is InChI=1S/C20H23ClN2O6S/c1-27-15-5-7-16(8-6-15)30(25,26)23-11-10-22-19(24)9-4-14-12-17(21)20(29-3)18(13-14)28-2/h4-9,12-13,23H,10-11H2,1-3H3,(H,22,24)/b9-4+. The molecule has 0 spiro atoms. The molecule has 2 N–H and O–H groups in total. The average molecular weight is 455 g/mol. The lowest BCUT2D eigenvalue weighted by Gasteiger charge is -2.10. The van der Waals surface area contributed by atoms with Gasteiger partial charge in [-0.2, -0.15) is 0 Å². The Hall–Kier alpha value is -2.75. The van der Waals surface area contributed by atoms with Gasteiger partial charge in [0.2, 0.25) is 15.9 Å². The second-order valence-corrected chi connectivity index (χ2v) is 8.11. The number of rotatable bonds is 10. The molecular formula is C20H23ClN2O6S. The van der Waals surface area contributed by atoms with Gasteiger partial charge in [0.1, 0.15) is 5.75 Å². The second-order valence-electron chi connectivity index (χ2n) is 5.94. The minimum absolute atomic E-state index is 0.0378. The highest BCUT2D eigenvalue weighted by Gasteiger charge is 2.13. The molecule has 0 saturated heterocycles. The minimum Gasteiger partial charge on any atom is -0.497 e. The molecule has 30 heavy (non-hydrogen) atoms. The summed E-state index contributed by atoms with van der Waals surface area (Å²) in [6.45, 7) is 0.154. The van der Waals surface area contributed by atoms with E-state index in [0.717, 1.165) is 0 Å². The molecule has 2 aromatic rings. The van der Waals surface area contributed by atoms with E-state index in [0.29, 0.717) is 27.8 Å². The van der Waals surface area contributed by atoms with Gasteiger partial charge in [-0.15, -0.1) is 0 Å². The fraction of sp³-hybridized carbons (Fsp3) is 0.250. The Morgan fingerprint density at radius 3 is 2.33 bits per heavy atom. The molecule has 0 unspecified atom stereocenters. The molecule has 2 aromatic carbocycles. The van der Waals surface area contributed by atoms with Crippen molar-refractivity contribution in [3.05, 3.63) is 53.1 Å². The van der Waals surface area contributed by atoms with Crippen molar-refractivity contribution in [2.45, 2.75) is 4.90 Å². The lowest BCUT2D eigenvalue weighted by molar-refractivity contribution is -0.116. The first-order valence-electron chi connectivity index (χ1n) is 8.82. The number of hydrogen-bond donors (Lipinski definition) is 2. The number of benzene rings is 2. The lowest BCUT2D eigenvalue weighted by Crippen LogP contribution is -2.34. The van der Waals surface area contributed by atoms with E-state index in [-0.39, 0.29) is 23.9 Å². The van der Waals surface area contributed by atoms with E-state index in [1.165, 1.54) is 39.5 Å². The topological polar surface area (TPSA) is 103 Å². The van der Waals surface area contributed by atoms with Crippen LogP contribution in [0.3, 0.4) is 0 Å². The smallest absolute Gasteiger partial charge is 0.244 e. The van der Waals surface area contributed by atoms with E-state index in [1.807, 2.05) is 0 Å². The zero-order valence-corrected chi connectivity index (χ0v) is 18.3. The third kappa shape index (κ3) is 6.38. The molecule has 0 aliphatic carbocycles. The summed E-state index contributed by atoms with van der Waals surface area (Å²) in [7, 11) is 0.795. The van der Waals surface area contributed by atoms with Crippen LogP contribution in [0.2, 0.25) is 5.02 Å². The number of ether oxygens (including phenoxy) is 3. The van der Waals surface area contributed by atoms with Crippen LogP contribution in [0, 0.1) is 0 Å². The van der Waals surface area contributed by atoms with Crippen molar-refractivity contribution < 1.29 is 27.4 Å². The molecule has 0 bridgehead atoms. The van der Waals surface area contributed by atoms with E-state index in [4.69, 9.17) is 25.8 Å². The molecular weight excluding hydrogens is 432 g/mol. The van der Waals surface area contributed by atoms with Crippen molar-refractivity contribution in [3.8, 4) is 17.2 Å². The molecule has 8 nitrogen and oxygen atoms in total. The van der Waals surface area contributed by atoms with E-state index in [2.05, 4.69) is 10.0 Å². The maximum Gasteiger partial charge on any atom is 0.244 e. The van der Waals surface area contributed by atoms with Gasteiger partial charge in [0.05, 0.1) is 31.2 Å². The van der Waals surface area contributed by atoms with Crippen molar-refractivity contribution in [1.82, 2.24) is 10.0 Å². The number of methoxy groups -OCH3 is 3. The SMILES string of the molecule is COc1ccc(S(=O)(=O)NCCNC(=O)/C=C/c2cc(Cl)c(OC)c(OC)c2)cc1. The van der Waals surface area contributed by atoms with Gasteiger partial charge in [-0.3, -0.25) is 4.79 Å². The predicted octanol–water partition coefficient (Wildman–Crippen LogP) is 2.47. The fourth-order valence-corrected chi connectivity index (χ4v) is 3.80. The van der Waals surface area contributed by atoms with Crippen LogP contribution in [0.5, 0.6) is 17.2 Å². The molecule has 0 fully saturated rings. The predicted molar refractivity (Wildman–Crippen MR) is 115 cm³/mol. The lowest BCUT2D eigenvalue weighted by atomic mass is 10.2. The zero-order valence-electron chi connectivity index (χ0n) is 16.8. The van der Waals surface area contributed by atoms with Crippen molar-refractivity contribution in [3.63, 3.8) is 0 Å². The van der Waals surface area contributed by atoms with Crippen LogP contribution in [-0.2, 0) is 14.8 Å². The summed E-state index contributed by atoms with van der Waals surface area (Å²) >= 11 is 6.13. The molecule has 0 aromatic heterocycles. The van der Waals surface area contributed by atoms with Gasteiger partial charge in [0.25, 0.3) is 0 Å². The Balaban J connectivity index is 1.87. The Morgan fingerprint density at radius 1 is 1.03 bits per heavy atom. The van der Waals surface area contributed by atoms with Crippen molar-refractivity contribution in [2.75, 3.05) is 34.4 Å².